The zero-order valence-electron chi connectivity index (χ0n) is 8.80. The fourth-order valence-electron chi connectivity index (χ4n) is 1.05. The highest BCUT2D eigenvalue weighted by atomic mass is 32.1. The standard InChI is InChI=1S/C9H20N2OS/c1-4-7-11(5-2)9(13)10-6-8-12-3/h4-8H2,1-3H3,(H,10,13). The summed E-state index contributed by atoms with van der Waals surface area (Å²) in [7, 11) is 1.69. The zero-order chi connectivity index (χ0) is 10.1. The van der Waals surface area contributed by atoms with E-state index in [4.69, 9.17) is 17.0 Å². The molecule has 78 valence electrons. The molecule has 0 fully saturated rings. The van der Waals surface area contributed by atoms with E-state index in [-0.39, 0.29) is 0 Å². The summed E-state index contributed by atoms with van der Waals surface area (Å²) < 4.78 is 4.92. The molecule has 0 aromatic heterocycles. The number of nitrogens with one attached hydrogen (secondary N) is 1. The van der Waals surface area contributed by atoms with Gasteiger partial charge in [-0.25, -0.2) is 0 Å². The third-order valence-corrected chi connectivity index (χ3v) is 2.15. The van der Waals surface area contributed by atoms with E-state index in [9.17, 15) is 0 Å². The molecule has 0 aromatic rings. The molecule has 0 amide bonds. The fraction of sp³-hybridized carbons (Fsp3) is 0.889. The second-order valence-corrected chi connectivity index (χ2v) is 3.19. The van der Waals surface area contributed by atoms with Crippen molar-refractivity contribution in [3.05, 3.63) is 0 Å². The molecule has 1 N–H and O–H groups in total. The van der Waals surface area contributed by atoms with Crippen LogP contribution in [0.25, 0.3) is 0 Å². The molecule has 0 aliphatic heterocycles. The molecule has 3 nitrogen and oxygen atoms in total. The lowest BCUT2D eigenvalue weighted by Crippen LogP contribution is -2.41. The van der Waals surface area contributed by atoms with Gasteiger partial charge in [-0.2, -0.15) is 0 Å². The van der Waals surface area contributed by atoms with Crippen molar-refractivity contribution in [1.82, 2.24) is 10.2 Å². The van der Waals surface area contributed by atoms with Gasteiger partial charge in [0.05, 0.1) is 6.61 Å². The van der Waals surface area contributed by atoms with Crippen molar-refractivity contribution in [2.45, 2.75) is 20.3 Å². The molecule has 0 atom stereocenters. The Morgan fingerprint density at radius 2 is 2.15 bits per heavy atom. The molecule has 0 radical (unpaired) electrons. The van der Waals surface area contributed by atoms with Gasteiger partial charge in [-0.1, -0.05) is 6.92 Å². The molecule has 0 heterocycles. The van der Waals surface area contributed by atoms with Crippen LogP contribution in [0.1, 0.15) is 20.3 Å². The second-order valence-electron chi connectivity index (χ2n) is 2.80. The van der Waals surface area contributed by atoms with Gasteiger partial charge in [0.2, 0.25) is 0 Å². The van der Waals surface area contributed by atoms with Gasteiger partial charge in [0.25, 0.3) is 0 Å². The van der Waals surface area contributed by atoms with Gasteiger partial charge in [-0.05, 0) is 25.6 Å². The second kappa shape index (κ2) is 8.26. The van der Waals surface area contributed by atoms with Crippen LogP contribution in [0.15, 0.2) is 0 Å². The quantitative estimate of drug-likeness (QED) is 0.520. The van der Waals surface area contributed by atoms with Crippen molar-refractivity contribution in [2.24, 2.45) is 0 Å². The lowest BCUT2D eigenvalue weighted by atomic mass is 10.4. The van der Waals surface area contributed by atoms with Gasteiger partial charge in [-0.15, -0.1) is 0 Å². The van der Waals surface area contributed by atoms with Crippen molar-refractivity contribution in [1.29, 1.82) is 0 Å². The average Bonchev–Trinajstić information content (AvgIpc) is 2.14. The van der Waals surface area contributed by atoms with Crippen molar-refractivity contribution in [3.63, 3.8) is 0 Å². The zero-order valence-corrected chi connectivity index (χ0v) is 9.62. The minimum atomic E-state index is 0.698. The number of hydrogen-bond donors (Lipinski definition) is 1. The maximum Gasteiger partial charge on any atom is 0.169 e. The fourth-order valence-corrected chi connectivity index (χ4v) is 1.37. The molecule has 0 saturated carbocycles. The minimum absolute atomic E-state index is 0.698. The van der Waals surface area contributed by atoms with Crippen LogP contribution >= 0.6 is 12.2 Å². The number of ether oxygens (including phenoxy) is 1. The summed E-state index contributed by atoms with van der Waals surface area (Å²) in [6.45, 7) is 7.74. The van der Waals surface area contributed by atoms with Crippen LogP contribution < -0.4 is 5.32 Å². The Balaban J connectivity index is 3.64. The van der Waals surface area contributed by atoms with E-state index < -0.39 is 0 Å². The van der Waals surface area contributed by atoms with Gasteiger partial charge >= 0.3 is 0 Å². The van der Waals surface area contributed by atoms with Crippen LogP contribution in [0.4, 0.5) is 0 Å². The van der Waals surface area contributed by atoms with Crippen molar-refractivity contribution >= 4 is 17.3 Å². The number of nitrogens with zero attached hydrogens (tertiary/aromatic N) is 1. The number of hydrogen-bond acceptors (Lipinski definition) is 2. The molecular weight excluding hydrogens is 184 g/mol. The summed E-state index contributed by atoms with van der Waals surface area (Å²) in [6, 6.07) is 0. The Morgan fingerprint density at radius 1 is 1.46 bits per heavy atom. The third-order valence-electron chi connectivity index (χ3n) is 1.74. The highest BCUT2D eigenvalue weighted by Gasteiger charge is 2.04. The predicted octanol–water partition coefficient (Wildman–Crippen LogP) is 1.24. The van der Waals surface area contributed by atoms with Gasteiger partial charge < -0.3 is 15.0 Å². The van der Waals surface area contributed by atoms with E-state index >= 15 is 0 Å². The minimum Gasteiger partial charge on any atom is -0.383 e. The Kier molecular flexibility index (Phi) is 8.04. The third kappa shape index (κ3) is 5.82. The number of methoxy groups -OCH3 is 1. The van der Waals surface area contributed by atoms with Gasteiger partial charge in [0.15, 0.2) is 5.11 Å². The van der Waals surface area contributed by atoms with Crippen molar-refractivity contribution < 1.29 is 4.74 Å². The van der Waals surface area contributed by atoms with E-state index in [0.29, 0.717) is 6.61 Å². The first-order valence-corrected chi connectivity index (χ1v) is 5.18. The van der Waals surface area contributed by atoms with Crippen LogP contribution in [0.5, 0.6) is 0 Å². The summed E-state index contributed by atoms with van der Waals surface area (Å²) in [6.07, 6.45) is 1.12. The Labute approximate surface area is 86.4 Å². The highest BCUT2D eigenvalue weighted by Crippen LogP contribution is 1.91. The summed E-state index contributed by atoms with van der Waals surface area (Å²) in [5, 5.41) is 3.99. The molecule has 4 heteroatoms. The SMILES string of the molecule is CCCN(CC)C(=S)NCCOC. The molecule has 0 aliphatic rings. The van der Waals surface area contributed by atoms with Crippen molar-refractivity contribution in [3.8, 4) is 0 Å². The van der Waals surface area contributed by atoms with Gasteiger partial charge in [-0.3, -0.25) is 0 Å². The topological polar surface area (TPSA) is 24.5 Å². The first-order valence-electron chi connectivity index (χ1n) is 4.77. The van der Waals surface area contributed by atoms with E-state index in [2.05, 4.69) is 24.1 Å². The van der Waals surface area contributed by atoms with E-state index in [1.54, 1.807) is 7.11 Å². The van der Waals surface area contributed by atoms with Gasteiger partial charge in [0, 0.05) is 26.7 Å². The first kappa shape index (κ1) is 12.7. The molecule has 0 saturated heterocycles. The van der Waals surface area contributed by atoms with Crippen LogP contribution in [0.3, 0.4) is 0 Å². The lowest BCUT2D eigenvalue weighted by Gasteiger charge is -2.23. The first-order chi connectivity index (χ1) is 6.26. The Bertz CT molecular complexity index is 142. The summed E-state index contributed by atoms with van der Waals surface area (Å²) >= 11 is 5.21. The monoisotopic (exact) mass is 204 g/mol. The average molecular weight is 204 g/mol. The predicted molar refractivity (Wildman–Crippen MR) is 60.0 cm³/mol. The molecular formula is C9H20N2OS. The molecule has 0 spiro atoms. The molecule has 13 heavy (non-hydrogen) atoms. The van der Waals surface area contributed by atoms with Crippen LogP contribution in [-0.4, -0.2) is 43.4 Å². The molecule has 0 aromatic carbocycles. The van der Waals surface area contributed by atoms with E-state index in [1.165, 1.54) is 0 Å². The highest BCUT2D eigenvalue weighted by molar-refractivity contribution is 7.80. The summed E-state index contributed by atoms with van der Waals surface area (Å²) in [5.74, 6) is 0. The van der Waals surface area contributed by atoms with Crippen LogP contribution in [-0.2, 0) is 4.74 Å². The van der Waals surface area contributed by atoms with E-state index in [0.717, 1.165) is 31.2 Å². The maximum absolute atomic E-state index is 5.21. The van der Waals surface area contributed by atoms with Gasteiger partial charge in [0.1, 0.15) is 0 Å². The normalized spacial score (nSPS) is 9.77. The maximum atomic E-state index is 5.21. The lowest BCUT2D eigenvalue weighted by molar-refractivity contribution is 0.203. The summed E-state index contributed by atoms with van der Waals surface area (Å²) in [5.41, 5.74) is 0. The van der Waals surface area contributed by atoms with E-state index in [1.807, 2.05) is 0 Å². The molecule has 0 rings (SSSR count). The Morgan fingerprint density at radius 3 is 2.62 bits per heavy atom. The smallest absolute Gasteiger partial charge is 0.169 e. The number of thiocarbonyl (C=S) groups is 1. The van der Waals surface area contributed by atoms with Crippen LogP contribution in [0.2, 0.25) is 0 Å². The van der Waals surface area contributed by atoms with Crippen LogP contribution in [0, 0.1) is 0 Å². The summed E-state index contributed by atoms with van der Waals surface area (Å²) in [4.78, 5) is 2.16. The largest absolute Gasteiger partial charge is 0.383 e. The molecule has 0 unspecified atom stereocenters. The molecule has 0 aliphatic carbocycles. The molecule has 0 bridgehead atoms. The number of rotatable bonds is 6. The Hall–Kier alpha value is -0.350. The van der Waals surface area contributed by atoms with Crippen molar-refractivity contribution in [2.75, 3.05) is 33.4 Å².